The number of nitrogens with zero attached hydrogens (tertiary/aromatic N) is 4. The van der Waals surface area contributed by atoms with E-state index in [1.54, 1.807) is 0 Å². The standard InChI is InChI=1S/C19H12N4O7/c1-22-17(24)13-7-4-11(8-14(13)18(22)25)19(26)29-9-15-20-21-16(30-15)10-2-5-12(6-3-10)23(27)28/h2-8H,9H2,1H3. The van der Waals surface area contributed by atoms with Crippen molar-refractivity contribution >= 4 is 23.5 Å². The minimum absolute atomic E-state index is 0.0175. The monoisotopic (exact) mass is 408 g/mol. The van der Waals surface area contributed by atoms with Crippen molar-refractivity contribution in [3.63, 3.8) is 0 Å². The van der Waals surface area contributed by atoms with Crippen LogP contribution in [0.15, 0.2) is 46.9 Å². The van der Waals surface area contributed by atoms with Gasteiger partial charge in [-0.1, -0.05) is 0 Å². The SMILES string of the molecule is CN1C(=O)c2ccc(C(=O)OCc3nnc(-c4ccc([N+](=O)[O-])cc4)o3)cc2C1=O. The van der Waals surface area contributed by atoms with Crippen molar-refractivity contribution in [1.29, 1.82) is 0 Å². The molecule has 0 fully saturated rings. The Morgan fingerprint density at radius 3 is 2.50 bits per heavy atom. The molecule has 0 radical (unpaired) electrons. The van der Waals surface area contributed by atoms with Crippen molar-refractivity contribution in [2.24, 2.45) is 0 Å². The van der Waals surface area contributed by atoms with Crippen LogP contribution in [0, 0.1) is 10.1 Å². The Hall–Kier alpha value is -4.41. The van der Waals surface area contributed by atoms with Gasteiger partial charge in [-0.05, 0) is 30.3 Å². The summed E-state index contributed by atoms with van der Waals surface area (Å²) in [5, 5.41) is 18.3. The van der Waals surface area contributed by atoms with Crippen LogP contribution in [0.4, 0.5) is 5.69 Å². The van der Waals surface area contributed by atoms with Gasteiger partial charge in [0.25, 0.3) is 23.4 Å². The van der Waals surface area contributed by atoms with E-state index in [0.717, 1.165) is 4.90 Å². The van der Waals surface area contributed by atoms with Crippen molar-refractivity contribution in [3.05, 3.63) is 75.2 Å². The molecule has 0 bridgehead atoms. The van der Waals surface area contributed by atoms with Crippen LogP contribution in [0.1, 0.15) is 37.0 Å². The number of benzene rings is 2. The molecule has 0 atom stereocenters. The van der Waals surface area contributed by atoms with Gasteiger partial charge in [0.1, 0.15) is 0 Å². The molecule has 150 valence electrons. The predicted molar refractivity (Wildman–Crippen MR) is 98.4 cm³/mol. The number of fused-ring (bicyclic) bond motifs is 1. The van der Waals surface area contributed by atoms with Gasteiger partial charge in [0.15, 0.2) is 6.61 Å². The first-order valence-corrected chi connectivity index (χ1v) is 8.56. The van der Waals surface area contributed by atoms with Gasteiger partial charge in [-0.3, -0.25) is 24.6 Å². The minimum atomic E-state index is -0.734. The number of nitro groups is 1. The molecule has 0 saturated carbocycles. The number of carbonyl (C=O) groups excluding carboxylic acids is 3. The van der Waals surface area contributed by atoms with E-state index < -0.39 is 22.7 Å². The van der Waals surface area contributed by atoms with Gasteiger partial charge in [0, 0.05) is 24.7 Å². The van der Waals surface area contributed by atoms with Crippen molar-refractivity contribution in [2.45, 2.75) is 6.61 Å². The lowest BCUT2D eigenvalue weighted by atomic mass is 10.1. The summed E-state index contributed by atoms with van der Waals surface area (Å²) in [5.41, 5.74) is 0.851. The van der Waals surface area contributed by atoms with Gasteiger partial charge in [-0.2, -0.15) is 0 Å². The van der Waals surface area contributed by atoms with Gasteiger partial charge < -0.3 is 9.15 Å². The van der Waals surface area contributed by atoms with Crippen LogP contribution in [-0.4, -0.2) is 44.9 Å². The van der Waals surface area contributed by atoms with Crippen LogP contribution in [-0.2, 0) is 11.3 Å². The Morgan fingerprint density at radius 1 is 1.10 bits per heavy atom. The Balaban J connectivity index is 1.43. The van der Waals surface area contributed by atoms with E-state index in [1.807, 2.05) is 0 Å². The summed E-state index contributed by atoms with van der Waals surface area (Å²) in [6, 6.07) is 9.61. The first kappa shape index (κ1) is 18.9. The third-order valence-electron chi connectivity index (χ3n) is 4.44. The number of imide groups is 1. The Morgan fingerprint density at radius 2 is 1.80 bits per heavy atom. The molecule has 2 amide bonds. The van der Waals surface area contributed by atoms with Crippen LogP contribution >= 0.6 is 0 Å². The van der Waals surface area contributed by atoms with Gasteiger partial charge in [0.2, 0.25) is 5.89 Å². The third kappa shape index (κ3) is 3.28. The molecule has 1 aliphatic rings. The molecule has 2 aromatic carbocycles. The summed E-state index contributed by atoms with van der Waals surface area (Å²) >= 11 is 0. The fourth-order valence-electron chi connectivity index (χ4n) is 2.85. The zero-order valence-corrected chi connectivity index (χ0v) is 15.4. The molecular formula is C19H12N4O7. The second-order valence-electron chi connectivity index (χ2n) is 6.31. The number of nitro benzene ring substituents is 1. The minimum Gasteiger partial charge on any atom is -0.452 e. The summed E-state index contributed by atoms with van der Waals surface area (Å²) in [4.78, 5) is 47.4. The highest BCUT2D eigenvalue weighted by Gasteiger charge is 2.33. The molecule has 3 aromatic rings. The molecule has 0 aliphatic carbocycles. The summed E-state index contributed by atoms with van der Waals surface area (Å²) in [6.45, 7) is -0.317. The number of carbonyl (C=O) groups is 3. The summed E-state index contributed by atoms with van der Waals surface area (Å²) < 4.78 is 10.5. The number of hydrogen-bond acceptors (Lipinski definition) is 9. The maximum Gasteiger partial charge on any atom is 0.338 e. The van der Waals surface area contributed by atoms with Crippen molar-refractivity contribution in [1.82, 2.24) is 15.1 Å². The topological polar surface area (TPSA) is 146 Å². The fourth-order valence-corrected chi connectivity index (χ4v) is 2.85. The molecule has 2 heterocycles. The quantitative estimate of drug-likeness (QED) is 0.268. The van der Waals surface area contributed by atoms with E-state index in [9.17, 15) is 24.5 Å². The van der Waals surface area contributed by atoms with Crippen LogP contribution in [0.2, 0.25) is 0 Å². The molecule has 0 saturated heterocycles. The molecule has 4 rings (SSSR count). The highest BCUT2D eigenvalue weighted by atomic mass is 16.6. The van der Waals surface area contributed by atoms with E-state index in [1.165, 1.54) is 49.5 Å². The number of amides is 2. The van der Waals surface area contributed by atoms with E-state index in [0.29, 0.717) is 5.56 Å². The van der Waals surface area contributed by atoms with Crippen LogP contribution in [0.3, 0.4) is 0 Å². The smallest absolute Gasteiger partial charge is 0.338 e. The molecule has 0 N–H and O–H groups in total. The number of esters is 1. The number of rotatable bonds is 5. The lowest BCUT2D eigenvalue weighted by Crippen LogP contribution is -2.24. The Labute approximate surface area is 168 Å². The molecule has 1 aromatic heterocycles. The van der Waals surface area contributed by atoms with Crippen molar-refractivity contribution in [2.75, 3.05) is 7.05 Å². The third-order valence-corrected chi connectivity index (χ3v) is 4.44. The second kappa shape index (κ2) is 7.20. The maximum atomic E-state index is 12.3. The summed E-state index contributed by atoms with van der Waals surface area (Å²) in [7, 11) is 1.36. The average Bonchev–Trinajstić information content (AvgIpc) is 3.31. The molecule has 0 spiro atoms. The van der Waals surface area contributed by atoms with Gasteiger partial charge in [-0.25, -0.2) is 4.79 Å². The average molecular weight is 408 g/mol. The highest BCUT2D eigenvalue weighted by molar-refractivity contribution is 6.21. The highest BCUT2D eigenvalue weighted by Crippen LogP contribution is 2.24. The number of non-ortho nitro benzene ring substituents is 1. The number of aromatic nitrogens is 2. The summed E-state index contributed by atoms with van der Waals surface area (Å²) in [5.74, 6) is -1.53. The van der Waals surface area contributed by atoms with E-state index in [4.69, 9.17) is 9.15 Å². The first-order chi connectivity index (χ1) is 14.3. The van der Waals surface area contributed by atoms with Crippen LogP contribution < -0.4 is 0 Å². The lowest BCUT2D eigenvalue weighted by Gasteiger charge is -2.03. The number of ether oxygens (including phenoxy) is 1. The predicted octanol–water partition coefficient (Wildman–Crippen LogP) is 2.23. The van der Waals surface area contributed by atoms with Crippen molar-refractivity contribution in [3.8, 4) is 11.5 Å². The molecule has 11 heteroatoms. The molecule has 0 unspecified atom stereocenters. The van der Waals surface area contributed by atoms with Gasteiger partial charge in [-0.15, -0.1) is 10.2 Å². The van der Waals surface area contributed by atoms with Gasteiger partial charge in [0.05, 0.1) is 21.6 Å². The van der Waals surface area contributed by atoms with E-state index >= 15 is 0 Å². The lowest BCUT2D eigenvalue weighted by molar-refractivity contribution is -0.384. The first-order valence-electron chi connectivity index (χ1n) is 8.56. The second-order valence-corrected chi connectivity index (χ2v) is 6.31. The molecular weight excluding hydrogens is 396 g/mol. The molecule has 1 aliphatic heterocycles. The van der Waals surface area contributed by atoms with Crippen LogP contribution in [0.5, 0.6) is 0 Å². The van der Waals surface area contributed by atoms with E-state index in [2.05, 4.69) is 10.2 Å². The maximum absolute atomic E-state index is 12.3. The van der Waals surface area contributed by atoms with Crippen LogP contribution in [0.25, 0.3) is 11.5 Å². The number of hydrogen-bond donors (Lipinski definition) is 0. The van der Waals surface area contributed by atoms with E-state index in [-0.39, 0.29) is 40.8 Å². The Kier molecular flexibility index (Phi) is 4.54. The summed E-state index contributed by atoms with van der Waals surface area (Å²) in [6.07, 6.45) is 0. The zero-order chi connectivity index (χ0) is 21.4. The van der Waals surface area contributed by atoms with Gasteiger partial charge >= 0.3 is 5.97 Å². The Bertz CT molecular complexity index is 1200. The molecule has 11 nitrogen and oxygen atoms in total. The largest absolute Gasteiger partial charge is 0.452 e. The zero-order valence-electron chi connectivity index (χ0n) is 15.4. The normalized spacial score (nSPS) is 12.8. The molecule has 30 heavy (non-hydrogen) atoms. The fraction of sp³-hybridized carbons (Fsp3) is 0.105. The van der Waals surface area contributed by atoms with Crippen molar-refractivity contribution < 1.29 is 28.5 Å².